The second kappa shape index (κ2) is 5.37. The average molecular weight is 266 g/mol. The summed E-state index contributed by atoms with van der Waals surface area (Å²) >= 11 is 5.70. The molecule has 18 heavy (non-hydrogen) atoms. The minimum atomic E-state index is -0.522. The van der Waals surface area contributed by atoms with Crippen molar-refractivity contribution in [2.45, 2.75) is 6.54 Å². The van der Waals surface area contributed by atoms with Crippen molar-refractivity contribution in [3.63, 3.8) is 0 Å². The summed E-state index contributed by atoms with van der Waals surface area (Å²) in [5, 5.41) is 13.8. The molecule has 0 atom stereocenters. The molecule has 92 valence electrons. The smallest absolute Gasteiger partial charge is 0.311 e. The quantitative estimate of drug-likeness (QED) is 0.516. The molecule has 2 heterocycles. The van der Waals surface area contributed by atoms with Crippen LogP contribution < -0.4 is 5.32 Å². The van der Waals surface area contributed by atoms with Crippen LogP contribution in [-0.4, -0.2) is 19.9 Å². The zero-order valence-electron chi connectivity index (χ0n) is 9.08. The number of rotatable bonds is 4. The first-order chi connectivity index (χ1) is 8.66. The molecule has 1 N–H and O–H groups in total. The van der Waals surface area contributed by atoms with E-state index in [0.717, 1.165) is 0 Å². The van der Waals surface area contributed by atoms with Gasteiger partial charge in [0, 0.05) is 12.3 Å². The van der Waals surface area contributed by atoms with Crippen LogP contribution in [0.4, 0.5) is 11.5 Å². The lowest BCUT2D eigenvalue weighted by molar-refractivity contribution is -0.384. The summed E-state index contributed by atoms with van der Waals surface area (Å²) in [7, 11) is 0. The summed E-state index contributed by atoms with van der Waals surface area (Å²) in [5.74, 6) is 0.117. The summed E-state index contributed by atoms with van der Waals surface area (Å²) in [6.45, 7) is 0.302. The molecule has 0 aliphatic rings. The van der Waals surface area contributed by atoms with Crippen LogP contribution >= 0.6 is 11.6 Å². The highest BCUT2D eigenvalue weighted by Crippen LogP contribution is 2.24. The summed E-state index contributed by atoms with van der Waals surface area (Å²) in [6, 6.07) is 4.37. The SMILES string of the molecule is O=[N+]([O-])c1ccc(Cl)nc1NCc1ccncn1. The van der Waals surface area contributed by atoms with Crippen LogP contribution in [0.1, 0.15) is 5.69 Å². The number of hydrogen-bond donors (Lipinski definition) is 1. The van der Waals surface area contributed by atoms with E-state index in [4.69, 9.17) is 11.6 Å². The van der Waals surface area contributed by atoms with E-state index in [1.165, 1.54) is 18.5 Å². The van der Waals surface area contributed by atoms with Gasteiger partial charge in [-0.2, -0.15) is 0 Å². The molecule has 0 amide bonds. The lowest BCUT2D eigenvalue weighted by Gasteiger charge is -2.05. The van der Waals surface area contributed by atoms with Crippen molar-refractivity contribution < 1.29 is 4.92 Å². The molecule has 0 aliphatic heterocycles. The molecular weight excluding hydrogens is 258 g/mol. The molecule has 0 spiro atoms. The van der Waals surface area contributed by atoms with Crippen molar-refractivity contribution >= 4 is 23.1 Å². The molecule has 0 aromatic carbocycles. The zero-order chi connectivity index (χ0) is 13.0. The molecule has 7 nitrogen and oxygen atoms in total. The first-order valence-corrected chi connectivity index (χ1v) is 5.34. The normalized spacial score (nSPS) is 10.1. The van der Waals surface area contributed by atoms with Gasteiger partial charge in [-0.15, -0.1) is 0 Å². The number of nitrogens with zero attached hydrogens (tertiary/aromatic N) is 4. The van der Waals surface area contributed by atoms with E-state index < -0.39 is 4.92 Å². The predicted molar refractivity (Wildman–Crippen MR) is 65.3 cm³/mol. The van der Waals surface area contributed by atoms with Gasteiger partial charge in [0.25, 0.3) is 0 Å². The minimum absolute atomic E-state index is 0.117. The van der Waals surface area contributed by atoms with Gasteiger partial charge in [0.1, 0.15) is 11.5 Å². The largest absolute Gasteiger partial charge is 0.359 e. The van der Waals surface area contributed by atoms with Gasteiger partial charge in [-0.1, -0.05) is 11.6 Å². The molecule has 0 saturated heterocycles. The number of nitrogens with one attached hydrogen (secondary N) is 1. The van der Waals surface area contributed by atoms with Crippen molar-refractivity contribution in [2.24, 2.45) is 0 Å². The Balaban J connectivity index is 2.18. The second-order valence-corrected chi connectivity index (χ2v) is 3.70. The van der Waals surface area contributed by atoms with Gasteiger partial charge in [-0.25, -0.2) is 15.0 Å². The van der Waals surface area contributed by atoms with E-state index in [1.807, 2.05) is 0 Å². The van der Waals surface area contributed by atoms with E-state index >= 15 is 0 Å². The van der Waals surface area contributed by atoms with E-state index in [1.54, 1.807) is 12.3 Å². The summed E-state index contributed by atoms with van der Waals surface area (Å²) in [6.07, 6.45) is 2.99. The van der Waals surface area contributed by atoms with Gasteiger partial charge in [0.2, 0.25) is 5.82 Å². The van der Waals surface area contributed by atoms with Gasteiger partial charge in [0.15, 0.2) is 0 Å². The Kier molecular flexibility index (Phi) is 3.63. The number of anilines is 1. The molecule has 0 unspecified atom stereocenters. The van der Waals surface area contributed by atoms with Crippen molar-refractivity contribution in [3.8, 4) is 0 Å². The number of nitro groups is 1. The Morgan fingerprint density at radius 2 is 2.22 bits per heavy atom. The van der Waals surface area contributed by atoms with Crippen molar-refractivity contribution in [3.05, 3.63) is 51.7 Å². The molecule has 2 aromatic heterocycles. The minimum Gasteiger partial charge on any atom is -0.359 e. The Bertz CT molecular complexity index is 563. The maximum Gasteiger partial charge on any atom is 0.311 e. The predicted octanol–water partition coefficient (Wildman–Crippen LogP) is 2.05. The fraction of sp³-hybridized carbons (Fsp3) is 0.100. The first-order valence-electron chi connectivity index (χ1n) is 4.96. The lowest BCUT2D eigenvalue weighted by Crippen LogP contribution is -2.06. The maximum absolute atomic E-state index is 10.8. The average Bonchev–Trinajstić information content (AvgIpc) is 2.37. The van der Waals surface area contributed by atoms with Gasteiger partial charge in [-0.3, -0.25) is 10.1 Å². The molecule has 0 fully saturated rings. The molecular formula is C10H8ClN5O2. The van der Waals surface area contributed by atoms with E-state index in [2.05, 4.69) is 20.3 Å². The fourth-order valence-corrected chi connectivity index (χ4v) is 1.45. The molecule has 2 aromatic rings. The van der Waals surface area contributed by atoms with Crippen LogP contribution in [0.5, 0.6) is 0 Å². The Hall–Kier alpha value is -2.28. The third kappa shape index (κ3) is 2.89. The maximum atomic E-state index is 10.8. The van der Waals surface area contributed by atoms with Crippen LogP contribution in [-0.2, 0) is 6.54 Å². The summed E-state index contributed by atoms with van der Waals surface area (Å²) in [4.78, 5) is 21.9. The van der Waals surface area contributed by atoms with E-state index in [0.29, 0.717) is 12.2 Å². The van der Waals surface area contributed by atoms with E-state index in [9.17, 15) is 10.1 Å². The third-order valence-electron chi connectivity index (χ3n) is 2.12. The fourth-order valence-electron chi connectivity index (χ4n) is 1.30. The van der Waals surface area contributed by atoms with Crippen LogP contribution in [0.2, 0.25) is 5.15 Å². The molecule has 0 saturated carbocycles. The molecule has 8 heteroatoms. The highest BCUT2D eigenvalue weighted by molar-refractivity contribution is 6.29. The number of pyridine rings is 1. The molecule has 0 bridgehead atoms. The number of halogens is 1. The lowest BCUT2D eigenvalue weighted by atomic mass is 10.3. The Morgan fingerprint density at radius 3 is 2.89 bits per heavy atom. The summed E-state index contributed by atoms with van der Waals surface area (Å²) in [5.41, 5.74) is 0.564. The van der Waals surface area contributed by atoms with Crippen molar-refractivity contribution in [2.75, 3.05) is 5.32 Å². The monoisotopic (exact) mass is 265 g/mol. The van der Waals surface area contributed by atoms with Crippen LogP contribution in [0.15, 0.2) is 30.7 Å². The molecule has 2 rings (SSSR count). The molecule has 0 aliphatic carbocycles. The topological polar surface area (TPSA) is 93.8 Å². The second-order valence-electron chi connectivity index (χ2n) is 3.31. The standard InChI is InChI=1S/C10H8ClN5O2/c11-9-2-1-8(16(17)18)10(15-9)13-5-7-3-4-12-6-14-7/h1-4,6H,5H2,(H,13,15). The Labute approximate surface area is 107 Å². The highest BCUT2D eigenvalue weighted by Gasteiger charge is 2.15. The summed E-state index contributed by atoms with van der Waals surface area (Å²) < 4.78 is 0. The van der Waals surface area contributed by atoms with E-state index in [-0.39, 0.29) is 16.7 Å². The van der Waals surface area contributed by atoms with Gasteiger partial charge in [-0.05, 0) is 12.1 Å². The highest BCUT2D eigenvalue weighted by atomic mass is 35.5. The number of hydrogen-bond acceptors (Lipinski definition) is 6. The van der Waals surface area contributed by atoms with Gasteiger partial charge >= 0.3 is 5.69 Å². The first kappa shape index (κ1) is 12.2. The van der Waals surface area contributed by atoms with Crippen LogP contribution in [0, 0.1) is 10.1 Å². The third-order valence-corrected chi connectivity index (χ3v) is 2.33. The number of aromatic nitrogens is 3. The van der Waals surface area contributed by atoms with Crippen molar-refractivity contribution in [1.82, 2.24) is 15.0 Å². The van der Waals surface area contributed by atoms with Crippen LogP contribution in [0.3, 0.4) is 0 Å². The van der Waals surface area contributed by atoms with Gasteiger partial charge < -0.3 is 5.32 Å². The van der Waals surface area contributed by atoms with Crippen LogP contribution in [0.25, 0.3) is 0 Å². The molecule has 0 radical (unpaired) electrons. The Morgan fingerprint density at radius 1 is 1.39 bits per heavy atom. The zero-order valence-corrected chi connectivity index (χ0v) is 9.83. The van der Waals surface area contributed by atoms with Crippen molar-refractivity contribution in [1.29, 1.82) is 0 Å². The van der Waals surface area contributed by atoms with Gasteiger partial charge in [0.05, 0.1) is 17.2 Å².